The second-order valence-corrected chi connectivity index (χ2v) is 13.8. The summed E-state index contributed by atoms with van der Waals surface area (Å²) in [7, 11) is -0.341. The summed E-state index contributed by atoms with van der Waals surface area (Å²) in [6.07, 6.45) is 8.54. The number of ketones is 1. The maximum atomic E-state index is 12.8. The van der Waals surface area contributed by atoms with Crippen molar-refractivity contribution in [3.63, 3.8) is 0 Å². The highest BCUT2D eigenvalue weighted by molar-refractivity contribution is 8.32. The van der Waals surface area contributed by atoms with E-state index in [0.717, 1.165) is 12.3 Å². The van der Waals surface area contributed by atoms with E-state index < -0.39 is 0 Å². The fourth-order valence-electron chi connectivity index (χ4n) is 3.06. The van der Waals surface area contributed by atoms with Gasteiger partial charge in [-0.2, -0.15) is 0 Å². The largest absolute Gasteiger partial charge is 0.303 e. The van der Waals surface area contributed by atoms with Gasteiger partial charge < -0.3 is 5.32 Å². The third-order valence-corrected chi connectivity index (χ3v) is 7.07. The minimum atomic E-state index is -0.341. The zero-order valence-corrected chi connectivity index (χ0v) is 16.3. The van der Waals surface area contributed by atoms with Gasteiger partial charge in [-0.3, -0.25) is 4.79 Å². The van der Waals surface area contributed by atoms with Crippen molar-refractivity contribution in [2.24, 2.45) is 11.3 Å². The van der Waals surface area contributed by atoms with Gasteiger partial charge in [0, 0.05) is 11.0 Å². The fourth-order valence-corrected chi connectivity index (χ4v) is 5.21. The van der Waals surface area contributed by atoms with Gasteiger partial charge in [0.1, 0.15) is 0 Å². The topological polar surface area (TPSA) is 29.1 Å². The maximum Gasteiger partial charge on any atom is 0.155 e. The number of carbonyl (C=O) groups is 1. The summed E-state index contributed by atoms with van der Waals surface area (Å²) in [5.74, 6) is 3.85. The van der Waals surface area contributed by atoms with Gasteiger partial charge in [0.15, 0.2) is 5.78 Å². The first-order valence-electron chi connectivity index (χ1n) is 8.31. The van der Waals surface area contributed by atoms with Crippen LogP contribution in [0.3, 0.4) is 0 Å². The van der Waals surface area contributed by atoms with Crippen LogP contribution in [0.4, 0.5) is 0 Å². The van der Waals surface area contributed by atoms with E-state index >= 15 is 0 Å². The van der Waals surface area contributed by atoms with Crippen LogP contribution in [0.1, 0.15) is 60.8 Å². The van der Waals surface area contributed by atoms with Gasteiger partial charge in [-0.25, -0.2) is 10.0 Å². The van der Waals surface area contributed by atoms with Crippen molar-refractivity contribution < 1.29 is 4.79 Å². The predicted octanol–water partition coefficient (Wildman–Crippen LogP) is 4.22. The highest BCUT2D eigenvalue weighted by Gasteiger charge is 2.34. The lowest BCUT2D eigenvalue weighted by molar-refractivity contribution is -0.129. The van der Waals surface area contributed by atoms with Crippen LogP contribution < -0.4 is 5.32 Å². The molecular formula is C18H37NOS. The molecule has 126 valence electrons. The maximum absolute atomic E-state index is 12.8. The van der Waals surface area contributed by atoms with E-state index in [2.05, 4.69) is 38.6 Å². The van der Waals surface area contributed by atoms with E-state index in [0.29, 0.717) is 5.78 Å². The van der Waals surface area contributed by atoms with E-state index in [1.165, 1.54) is 24.3 Å². The normalized spacial score (nSPS) is 23.6. The molecule has 1 N–H and O–H groups in total. The molecule has 0 spiro atoms. The average Bonchev–Trinajstić information content (AvgIpc) is 2.27. The summed E-state index contributed by atoms with van der Waals surface area (Å²) in [6.45, 7) is 12.6. The number of Topliss-reactive ketones (excluding diaryl/α,β-unsaturated/α-hetero) is 1. The molecule has 1 aliphatic rings. The number of nitrogens with one attached hydrogen (secondary N) is 1. The smallest absolute Gasteiger partial charge is 0.155 e. The van der Waals surface area contributed by atoms with Crippen molar-refractivity contribution in [1.82, 2.24) is 5.32 Å². The predicted molar refractivity (Wildman–Crippen MR) is 97.7 cm³/mol. The molecule has 0 aromatic heterocycles. The summed E-state index contributed by atoms with van der Waals surface area (Å²) >= 11 is 0. The first kappa shape index (κ1) is 19.0. The van der Waals surface area contributed by atoms with Crippen LogP contribution >= 0.6 is 10.0 Å². The molecule has 2 nitrogen and oxygen atoms in total. The molecule has 1 atom stereocenters. The molecule has 1 saturated heterocycles. The van der Waals surface area contributed by atoms with Crippen molar-refractivity contribution in [1.29, 1.82) is 0 Å². The molecule has 0 radical (unpaired) electrons. The Bertz CT molecular complexity index is 352. The highest BCUT2D eigenvalue weighted by atomic mass is 32.3. The van der Waals surface area contributed by atoms with Crippen LogP contribution in [0.25, 0.3) is 0 Å². The first-order chi connectivity index (χ1) is 9.30. The summed E-state index contributed by atoms with van der Waals surface area (Å²) in [5, 5.41) is 3.59. The minimum Gasteiger partial charge on any atom is -0.303 e. The highest BCUT2D eigenvalue weighted by Crippen LogP contribution is 2.47. The first-order valence-corrected chi connectivity index (χ1v) is 11.1. The molecule has 1 heterocycles. The number of hydrogen-bond acceptors (Lipinski definition) is 2. The van der Waals surface area contributed by atoms with Gasteiger partial charge in [-0.05, 0) is 70.0 Å². The van der Waals surface area contributed by atoms with Crippen molar-refractivity contribution in [3.8, 4) is 0 Å². The summed E-state index contributed by atoms with van der Waals surface area (Å²) in [6, 6.07) is 0.00575. The molecule has 1 unspecified atom stereocenters. The van der Waals surface area contributed by atoms with Gasteiger partial charge in [0.05, 0.1) is 6.04 Å². The van der Waals surface area contributed by atoms with Crippen molar-refractivity contribution >= 4 is 15.8 Å². The number of hydrogen-bond donors (Lipinski definition) is 1. The second-order valence-electron chi connectivity index (χ2n) is 9.42. The summed E-state index contributed by atoms with van der Waals surface area (Å²) < 4.78 is 0. The Balaban J connectivity index is 2.72. The SMILES string of the molecule is CC(C)(C)NC(CC1CCS(C)(C)CC1)C(=O)C(C)(C)C. The van der Waals surface area contributed by atoms with E-state index in [1.807, 2.05) is 20.8 Å². The summed E-state index contributed by atoms with van der Waals surface area (Å²) in [5.41, 5.74) is -0.271. The van der Waals surface area contributed by atoms with Crippen molar-refractivity contribution in [3.05, 3.63) is 0 Å². The Hall–Kier alpha value is -0.0200. The lowest BCUT2D eigenvalue weighted by Crippen LogP contribution is -2.51. The molecule has 0 aromatic rings. The van der Waals surface area contributed by atoms with Crippen LogP contribution in [0.5, 0.6) is 0 Å². The Morgan fingerprint density at radius 2 is 1.57 bits per heavy atom. The van der Waals surface area contributed by atoms with Gasteiger partial charge in [0.2, 0.25) is 0 Å². The third-order valence-electron chi connectivity index (χ3n) is 4.39. The Labute approximate surface area is 134 Å². The molecule has 1 rings (SSSR count). The lowest BCUT2D eigenvalue weighted by Gasteiger charge is -2.41. The molecule has 0 amide bonds. The van der Waals surface area contributed by atoms with Gasteiger partial charge >= 0.3 is 0 Å². The van der Waals surface area contributed by atoms with Crippen molar-refractivity contribution in [2.45, 2.75) is 72.4 Å². The number of carbonyl (C=O) groups excluding carboxylic acids is 1. The van der Waals surface area contributed by atoms with Crippen LogP contribution in [-0.2, 0) is 4.79 Å². The molecule has 0 aliphatic carbocycles. The Kier molecular flexibility index (Phi) is 6.00. The molecule has 1 fully saturated rings. The second kappa shape index (κ2) is 6.62. The van der Waals surface area contributed by atoms with Crippen LogP contribution in [0, 0.1) is 11.3 Å². The van der Waals surface area contributed by atoms with Gasteiger partial charge in [0.25, 0.3) is 0 Å². The summed E-state index contributed by atoms with van der Waals surface area (Å²) in [4.78, 5) is 12.8. The monoisotopic (exact) mass is 315 g/mol. The molecular weight excluding hydrogens is 278 g/mol. The third kappa shape index (κ3) is 6.73. The molecule has 1 aliphatic heterocycles. The van der Waals surface area contributed by atoms with E-state index in [1.54, 1.807) is 0 Å². The van der Waals surface area contributed by atoms with E-state index in [-0.39, 0.29) is 27.0 Å². The zero-order chi connectivity index (χ0) is 16.5. The zero-order valence-electron chi connectivity index (χ0n) is 15.5. The Morgan fingerprint density at radius 3 is 1.95 bits per heavy atom. The lowest BCUT2D eigenvalue weighted by atomic mass is 9.81. The van der Waals surface area contributed by atoms with E-state index in [4.69, 9.17) is 0 Å². The minimum absolute atomic E-state index is 0.00575. The van der Waals surface area contributed by atoms with Crippen LogP contribution in [-0.4, -0.2) is 41.4 Å². The van der Waals surface area contributed by atoms with Gasteiger partial charge in [-0.1, -0.05) is 20.8 Å². The standard InChI is InChI=1S/C18H37NOS/c1-17(2,3)16(20)15(19-18(4,5)6)13-14-9-11-21(7,8)12-10-14/h14-15,19H,9-13H2,1-8H3. The van der Waals surface area contributed by atoms with Gasteiger partial charge in [-0.15, -0.1) is 0 Å². The van der Waals surface area contributed by atoms with Crippen LogP contribution in [0.2, 0.25) is 0 Å². The molecule has 3 heteroatoms. The quantitative estimate of drug-likeness (QED) is 0.841. The average molecular weight is 316 g/mol. The molecule has 0 aromatic carbocycles. The van der Waals surface area contributed by atoms with E-state index in [9.17, 15) is 4.79 Å². The number of rotatable bonds is 4. The molecule has 0 saturated carbocycles. The molecule has 21 heavy (non-hydrogen) atoms. The van der Waals surface area contributed by atoms with Crippen molar-refractivity contribution in [2.75, 3.05) is 24.0 Å². The Morgan fingerprint density at radius 1 is 1.10 bits per heavy atom. The fraction of sp³-hybridized carbons (Fsp3) is 0.944. The van der Waals surface area contributed by atoms with Crippen LogP contribution in [0.15, 0.2) is 0 Å². The molecule has 0 bridgehead atoms.